The lowest BCUT2D eigenvalue weighted by molar-refractivity contribution is -0.136. The van der Waals surface area contributed by atoms with Crippen LogP contribution in [0.2, 0.25) is 5.02 Å². The monoisotopic (exact) mass is 578 g/mol. The van der Waals surface area contributed by atoms with Crippen LogP contribution in [0.1, 0.15) is 22.3 Å². The van der Waals surface area contributed by atoms with Crippen LogP contribution in [0.3, 0.4) is 0 Å². The third-order valence-corrected chi connectivity index (χ3v) is 6.63. The Bertz CT molecular complexity index is 1360. The minimum absolute atomic E-state index is 0.260. The van der Waals surface area contributed by atoms with Gasteiger partial charge in [0.1, 0.15) is 6.61 Å². The van der Waals surface area contributed by atoms with Gasteiger partial charge in [-0.2, -0.15) is 5.10 Å². The highest BCUT2D eigenvalue weighted by Crippen LogP contribution is 2.37. The first kappa shape index (κ1) is 26.4. The van der Waals surface area contributed by atoms with Crippen LogP contribution < -0.4 is 14.9 Å². The van der Waals surface area contributed by atoms with E-state index in [4.69, 9.17) is 21.1 Å². The van der Waals surface area contributed by atoms with E-state index in [1.165, 1.54) is 13.3 Å². The number of halogens is 2. The van der Waals surface area contributed by atoms with Crippen molar-refractivity contribution in [2.45, 2.75) is 12.2 Å². The minimum Gasteiger partial charge on any atom is -0.493 e. The summed E-state index contributed by atoms with van der Waals surface area (Å²) >= 11 is 9.75. The molecule has 0 atom stereocenters. The molecule has 4 aromatic rings. The molecule has 4 aromatic carbocycles. The highest BCUT2D eigenvalue weighted by Gasteiger charge is 2.39. The molecule has 0 aliphatic carbocycles. The molecule has 0 aliphatic rings. The fourth-order valence-electron chi connectivity index (χ4n) is 3.75. The Morgan fingerprint density at radius 1 is 1.00 bits per heavy atom. The first-order valence-electron chi connectivity index (χ1n) is 11.3. The highest BCUT2D eigenvalue weighted by molar-refractivity contribution is 9.10. The van der Waals surface area contributed by atoms with Gasteiger partial charge < -0.3 is 14.6 Å². The van der Waals surface area contributed by atoms with Crippen molar-refractivity contribution in [3.05, 3.63) is 129 Å². The molecule has 0 spiro atoms. The molecule has 0 bridgehead atoms. The third kappa shape index (κ3) is 6.02. The molecule has 2 N–H and O–H groups in total. The van der Waals surface area contributed by atoms with Gasteiger partial charge in [-0.1, -0.05) is 90.5 Å². The quantitative estimate of drug-likeness (QED) is 0.186. The molecule has 0 unspecified atom stereocenters. The third-order valence-electron chi connectivity index (χ3n) is 5.67. The predicted octanol–water partition coefficient (Wildman–Crippen LogP) is 6.08. The Morgan fingerprint density at radius 2 is 1.59 bits per heavy atom. The number of amides is 1. The van der Waals surface area contributed by atoms with Crippen LogP contribution in [0.5, 0.6) is 11.5 Å². The molecule has 6 nitrogen and oxygen atoms in total. The number of carbonyl (C=O) groups excluding carboxylic acids is 1. The number of aliphatic hydroxyl groups is 1. The number of nitrogens with one attached hydrogen (secondary N) is 1. The van der Waals surface area contributed by atoms with Crippen molar-refractivity contribution in [2.24, 2.45) is 5.10 Å². The molecular formula is C29H24BrClN2O4. The molecule has 4 rings (SSSR count). The average molecular weight is 580 g/mol. The van der Waals surface area contributed by atoms with Crippen molar-refractivity contribution in [1.29, 1.82) is 0 Å². The maximum absolute atomic E-state index is 13.2. The van der Waals surface area contributed by atoms with Crippen molar-refractivity contribution in [1.82, 2.24) is 5.43 Å². The van der Waals surface area contributed by atoms with Gasteiger partial charge in [0.05, 0.1) is 17.8 Å². The maximum atomic E-state index is 13.2. The number of hydrogen-bond donors (Lipinski definition) is 2. The van der Waals surface area contributed by atoms with E-state index >= 15 is 0 Å². The van der Waals surface area contributed by atoms with E-state index in [9.17, 15) is 9.90 Å². The van der Waals surface area contributed by atoms with Gasteiger partial charge in [-0.25, -0.2) is 5.43 Å². The zero-order valence-corrected chi connectivity index (χ0v) is 22.2. The van der Waals surface area contributed by atoms with Gasteiger partial charge in [-0.15, -0.1) is 0 Å². The second-order valence-electron chi connectivity index (χ2n) is 8.06. The number of ether oxygens (including phenoxy) is 2. The fourth-order valence-corrected chi connectivity index (χ4v) is 4.52. The molecule has 0 fully saturated rings. The zero-order valence-electron chi connectivity index (χ0n) is 19.9. The normalized spacial score (nSPS) is 11.4. The van der Waals surface area contributed by atoms with Crippen molar-refractivity contribution < 1.29 is 19.4 Å². The number of hydrogen-bond acceptors (Lipinski definition) is 5. The minimum atomic E-state index is -1.92. The van der Waals surface area contributed by atoms with E-state index in [-0.39, 0.29) is 6.61 Å². The molecule has 0 saturated carbocycles. The standard InChI is InChI=1S/C29H24BrClN2O4/c1-36-26-17-20(16-24(30)27(26)37-19-21-10-8-9-15-25(21)31)18-32-33-28(34)29(35,22-11-4-2-5-12-22)23-13-6-3-7-14-23/h2-18,35H,19H2,1H3,(H,33,34)/b32-18+. The number of methoxy groups -OCH3 is 1. The van der Waals surface area contributed by atoms with E-state index in [1.54, 1.807) is 66.7 Å². The molecule has 0 saturated heterocycles. The van der Waals surface area contributed by atoms with Crippen LogP contribution in [-0.4, -0.2) is 24.3 Å². The van der Waals surface area contributed by atoms with Crippen molar-refractivity contribution in [3.63, 3.8) is 0 Å². The number of rotatable bonds is 9. The van der Waals surface area contributed by atoms with Crippen LogP contribution in [0.4, 0.5) is 0 Å². The second-order valence-corrected chi connectivity index (χ2v) is 9.32. The summed E-state index contributed by atoms with van der Waals surface area (Å²) in [5.41, 5.74) is 2.89. The lowest BCUT2D eigenvalue weighted by Gasteiger charge is -2.27. The Morgan fingerprint density at radius 3 is 2.19 bits per heavy atom. The van der Waals surface area contributed by atoms with E-state index in [0.29, 0.717) is 37.7 Å². The fraction of sp³-hybridized carbons (Fsp3) is 0.103. The van der Waals surface area contributed by atoms with Crippen LogP contribution in [0.25, 0.3) is 0 Å². The lowest BCUT2D eigenvalue weighted by atomic mass is 9.85. The molecular weight excluding hydrogens is 556 g/mol. The van der Waals surface area contributed by atoms with Crippen LogP contribution >= 0.6 is 27.5 Å². The predicted molar refractivity (Wildman–Crippen MR) is 148 cm³/mol. The molecule has 0 heterocycles. The molecule has 0 aromatic heterocycles. The molecule has 37 heavy (non-hydrogen) atoms. The van der Waals surface area contributed by atoms with E-state index in [2.05, 4.69) is 26.5 Å². The molecule has 188 valence electrons. The summed E-state index contributed by atoms with van der Waals surface area (Å²) in [6.45, 7) is 0.260. The zero-order chi connectivity index (χ0) is 26.3. The van der Waals surface area contributed by atoms with Gasteiger partial charge in [-0.3, -0.25) is 4.79 Å². The Kier molecular flexibility index (Phi) is 8.61. The maximum Gasteiger partial charge on any atom is 0.281 e. The van der Waals surface area contributed by atoms with E-state index in [1.807, 2.05) is 30.3 Å². The highest BCUT2D eigenvalue weighted by atomic mass is 79.9. The van der Waals surface area contributed by atoms with Crippen LogP contribution in [-0.2, 0) is 17.0 Å². The van der Waals surface area contributed by atoms with Crippen LogP contribution in [0.15, 0.2) is 107 Å². The Hall–Kier alpha value is -3.65. The smallest absolute Gasteiger partial charge is 0.281 e. The topological polar surface area (TPSA) is 80.2 Å². The molecule has 0 radical (unpaired) electrons. The Labute approximate surface area is 228 Å². The molecule has 8 heteroatoms. The number of hydrazone groups is 1. The molecule has 0 aliphatic heterocycles. The van der Waals surface area contributed by atoms with Crippen molar-refractivity contribution in [2.75, 3.05) is 7.11 Å². The summed E-state index contributed by atoms with van der Waals surface area (Å²) in [5.74, 6) is 0.289. The summed E-state index contributed by atoms with van der Waals surface area (Å²) in [7, 11) is 1.53. The summed E-state index contributed by atoms with van der Waals surface area (Å²) in [5, 5.41) is 16.2. The number of nitrogens with zero attached hydrogens (tertiary/aromatic N) is 1. The average Bonchev–Trinajstić information content (AvgIpc) is 2.93. The van der Waals surface area contributed by atoms with Gasteiger partial charge >= 0.3 is 0 Å². The van der Waals surface area contributed by atoms with Gasteiger partial charge in [0.25, 0.3) is 5.91 Å². The Balaban J connectivity index is 1.53. The summed E-state index contributed by atoms with van der Waals surface area (Å²) in [6, 6.07) is 28.4. The van der Waals surface area contributed by atoms with Crippen molar-refractivity contribution >= 4 is 39.7 Å². The summed E-state index contributed by atoms with van der Waals surface area (Å²) in [6.07, 6.45) is 1.46. The number of carbonyl (C=O) groups is 1. The van der Waals surface area contributed by atoms with Gasteiger partial charge in [0.15, 0.2) is 17.1 Å². The van der Waals surface area contributed by atoms with Crippen molar-refractivity contribution in [3.8, 4) is 11.5 Å². The first-order chi connectivity index (χ1) is 17.9. The second kappa shape index (κ2) is 12.1. The summed E-state index contributed by atoms with van der Waals surface area (Å²) < 4.78 is 12.1. The summed E-state index contributed by atoms with van der Waals surface area (Å²) in [4.78, 5) is 13.2. The van der Waals surface area contributed by atoms with Crippen LogP contribution in [0, 0.1) is 0 Å². The van der Waals surface area contributed by atoms with E-state index in [0.717, 1.165) is 5.56 Å². The lowest BCUT2D eigenvalue weighted by Crippen LogP contribution is -2.43. The van der Waals surface area contributed by atoms with Gasteiger partial charge in [-0.05, 0) is 50.8 Å². The first-order valence-corrected chi connectivity index (χ1v) is 12.5. The number of benzene rings is 4. The largest absolute Gasteiger partial charge is 0.493 e. The SMILES string of the molecule is COc1cc(/C=N/NC(=O)C(O)(c2ccccc2)c2ccccc2)cc(Br)c1OCc1ccccc1Cl. The molecule has 1 amide bonds. The van der Waals surface area contributed by atoms with Gasteiger partial charge in [0, 0.05) is 10.6 Å². The van der Waals surface area contributed by atoms with Gasteiger partial charge in [0.2, 0.25) is 0 Å². The van der Waals surface area contributed by atoms with E-state index < -0.39 is 11.5 Å².